The van der Waals surface area contributed by atoms with Gasteiger partial charge in [0, 0.05) is 13.0 Å². The van der Waals surface area contributed by atoms with Gasteiger partial charge in [0.2, 0.25) is 0 Å². The Bertz CT molecular complexity index is 1340. The first-order chi connectivity index (χ1) is 29.6. The van der Waals surface area contributed by atoms with Crippen molar-refractivity contribution in [1.82, 2.24) is 0 Å². The molecule has 0 aromatic heterocycles. The van der Waals surface area contributed by atoms with Crippen molar-refractivity contribution in [2.45, 2.75) is 161 Å². The summed E-state index contributed by atoms with van der Waals surface area (Å²) >= 11 is 0. The first kappa shape index (κ1) is 58.2. The van der Waals surface area contributed by atoms with Crippen LogP contribution in [0, 0.1) is 0 Å². The molecule has 0 aromatic rings. The third-order valence-corrected chi connectivity index (χ3v) is 10.3. The molecule has 0 spiro atoms. The highest BCUT2D eigenvalue weighted by Gasteiger charge is 2.20. The topological polar surface area (TPSA) is 94.1 Å². The fourth-order valence-electron chi connectivity index (χ4n) is 5.75. The van der Waals surface area contributed by atoms with E-state index in [1.54, 1.807) is 0 Å². The summed E-state index contributed by atoms with van der Waals surface area (Å²) in [7, 11) is 1.30. The maximum atomic E-state index is 12.7. The molecule has 0 bridgehead atoms. The van der Waals surface area contributed by atoms with E-state index in [4.69, 9.17) is 18.5 Å². The van der Waals surface area contributed by atoms with Crippen LogP contribution in [0.4, 0.5) is 0 Å². The van der Waals surface area contributed by atoms with Crippen LogP contribution in [0.25, 0.3) is 0 Å². The molecule has 2 unspecified atom stereocenters. The van der Waals surface area contributed by atoms with Crippen LogP contribution in [0.15, 0.2) is 109 Å². The minimum Gasteiger partial charge on any atom is -0.756 e. The standard InChI is InChI=1S/C52H88NO7P/c1-6-8-10-12-14-16-18-20-22-23-24-25-26-27-28-29-30-31-32-33-35-37-39-41-43-45-52(54)60-51(50-59-61(55,56)58-48-46-53(3,4)5)49-57-47-44-42-40-38-36-34-21-19-17-15-13-11-9-7-2/h8-11,14-17,20-22,24-25,27-28,34,38,40,51H,6-7,12-13,18-19,23,26,29-33,35-37,39,41-50H2,1-5H3/b10-8-,11-9-,16-14-,17-15-,22-20-,25-24-,28-27-,34-21-,40-38-. The van der Waals surface area contributed by atoms with Gasteiger partial charge in [0.1, 0.15) is 19.3 Å². The molecular weight excluding hydrogens is 782 g/mol. The number of unbranched alkanes of at least 4 members (excludes halogenated alkanes) is 10. The van der Waals surface area contributed by atoms with Gasteiger partial charge in [-0.3, -0.25) is 9.36 Å². The summed E-state index contributed by atoms with van der Waals surface area (Å²) in [6.07, 6.45) is 61.2. The van der Waals surface area contributed by atoms with Crippen LogP contribution >= 0.6 is 7.82 Å². The maximum absolute atomic E-state index is 12.7. The average Bonchev–Trinajstić information content (AvgIpc) is 3.22. The second-order valence-electron chi connectivity index (χ2n) is 16.3. The van der Waals surface area contributed by atoms with Crippen molar-refractivity contribution in [3.63, 3.8) is 0 Å². The molecule has 0 amide bonds. The number of phosphoric ester groups is 1. The first-order valence-electron chi connectivity index (χ1n) is 23.6. The molecule has 0 radical (unpaired) electrons. The Morgan fingerprint density at radius 3 is 1.34 bits per heavy atom. The van der Waals surface area contributed by atoms with E-state index < -0.39 is 13.9 Å². The molecule has 0 saturated carbocycles. The predicted octanol–water partition coefficient (Wildman–Crippen LogP) is 13.8. The van der Waals surface area contributed by atoms with E-state index in [1.807, 2.05) is 21.1 Å². The fraction of sp³-hybridized carbons (Fsp3) is 0.635. The number of allylic oxidation sites excluding steroid dienone is 18. The number of nitrogens with zero attached hydrogens (tertiary/aromatic N) is 1. The molecule has 9 heteroatoms. The van der Waals surface area contributed by atoms with Crippen LogP contribution in [0.1, 0.15) is 155 Å². The summed E-state index contributed by atoms with van der Waals surface area (Å²) in [6.45, 7) is 4.99. The Balaban J connectivity index is 4.24. The smallest absolute Gasteiger partial charge is 0.306 e. The first-order valence-corrected chi connectivity index (χ1v) is 25.1. The van der Waals surface area contributed by atoms with Crippen molar-refractivity contribution in [1.29, 1.82) is 0 Å². The van der Waals surface area contributed by atoms with Crippen molar-refractivity contribution >= 4 is 13.8 Å². The van der Waals surface area contributed by atoms with Gasteiger partial charge in [0.15, 0.2) is 0 Å². The largest absolute Gasteiger partial charge is 0.756 e. The van der Waals surface area contributed by atoms with E-state index in [9.17, 15) is 14.3 Å². The van der Waals surface area contributed by atoms with Crippen LogP contribution < -0.4 is 4.89 Å². The minimum atomic E-state index is -4.55. The summed E-state index contributed by atoms with van der Waals surface area (Å²) < 4.78 is 34.5. The normalized spacial score (nSPS) is 14.7. The Hall–Kier alpha value is -2.84. The second kappa shape index (κ2) is 43.8. The predicted molar refractivity (Wildman–Crippen MR) is 258 cm³/mol. The van der Waals surface area contributed by atoms with Gasteiger partial charge in [-0.05, 0) is 89.9 Å². The van der Waals surface area contributed by atoms with E-state index in [0.29, 0.717) is 17.6 Å². The minimum absolute atomic E-state index is 0.00827. The van der Waals surface area contributed by atoms with Crippen molar-refractivity contribution in [2.24, 2.45) is 0 Å². The van der Waals surface area contributed by atoms with Crippen LogP contribution in [0.5, 0.6) is 0 Å². The van der Waals surface area contributed by atoms with E-state index in [-0.39, 0.29) is 32.2 Å². The molecule has 0 fully saturated rings. The number of ether oxygens (including phenoxy) is 2. The van der Waals surface area contributed by atoms with E-state index in [0.717, 1.165) is 96.3 Å². The van der Waals surface area contributed by atoms with Gasteiger partial charge in [-0.15, -0.1) is 0 Å². The van der Waals surface area contributed by atoms with Gasteiger partial charge in [-0.25, -0.2) is 0 Å². The van der Waals surface area contributed by atoms with E-state index >= 15 is 0 Å². The van der Waals surface area contributed by atoms with Crippen molar-refractivity contribution < 1.29 is 37.3 Å². The van der Waals surface area contributed by atoms with E-state index in [2.05, 4.69) is 123 Å². The molecule has 0 N–H and O–H groups in total. The lowest BCUT2D eigenvalue weighted by Gasteiger charge is -2.28. The second-order valence-corrected chi connectivity index (χ2v) is 17.8. The summed E-state index contributed by atoms with van der Waals surface area (Å²) in [5.41, 5.74) is 0. The van der Waals surface area contributed by atoms with Gasteiger partial charge in [0.05, 0.1) is 34.4 Å². The fourth-order valence-corrected chi connectivity index (χ4v) is 6.48. The third-order valence-electron chi connectivity index (χ3n) is 9.32. The number of rotatable bonds is 42. The average molecular weight is 870 g/mol. The van der Waals surface area contributed by atoms with Crippen LogP contribution in [-0.4, -0.2) is 70.7 Å². The summed E-state index contributed by atoms with van der Waals surface area (Å²) in [5.74, 6) is -0.365. The van der Waals surface area contributed by atoms with Crippen LogP contribution in [0.3, 0.4) is 0 Å². The molecule has 2 atom stereocenters. The molecule has 0 rings (SSSR count). The number of esters is 1. The highest BCUT2D eigenvalue weighted by Crippen LogP contribution is 2.38. The number of phosphoric acid groups is 1. The number of hydrogen-bond acceptors (Lipinski definition) is 7. The molecule has 348 valence electrons. The SMILES string of the molecule is CC/C=C\C/C=C\C/C=C\C/C=C\C/C=C\CCCCCCCCCCCC(=O)OC(COCCC/C=C\C/C=C\C/C=C\C/C=C\CC)COP(=O)([O-])OCC[N+](C)(C)C. The highest BCUT2D eigenvalue weighted by molar-refractivity contribution is 7.45. The highest BCUT2D eigenvalue weighted by atomic mass is 31.2. The number of carbonyl (C=O) groups is 1. The van der Waals surface area contributed by atoms with Gasteiger partial charge in [0.25, 0.3) is 7.82 Å². The molecule has 8 nitrogen and oxygen atoms in total. The summed E-state index contributed by atoms with van der Waals surface area (Å²) in [6, 6.07) is 0. The summed E-state index contributed by atoms with van der Waals surface area (Å²) in [4.78, 5) is 25.1. The quantitative estimate of drug-likeness (QED) is 0.0198. The zero-order valence-electron chi connectivity index (χ0n) is 39.3. The molecule has 0 saturated heterocycles. The van der Waals surface area contributed by atoms with E-state index in [1.165, 1.54) is 38.5 Å². The molecule has 0 aromatic carbocycles. The Morgan fingerprint density at radius 2 is 0.902 bits per heavy atom. The number of carbonyl (C=O) groups excluding carboxylic acids is 1. The van der Waals surface area contributed by atoms with Gasteiger partial charge >= 0.3 is 5.97 Å². The lowest BCUT2D eigenvalue weighted by molar-refractivity contribution is -0.870. The molecule has 0 aliphatic rings. The summed E-state index contributed by atoms with van der Waals surface area (Å²) in [5, 5.41) is 0. The molecule has 0 aliphatic carbocycles. The number of quaternary nitrogens is 1. The Morgan fingerprint density at radius 1 is 0.508 bits per heavy atom. The number of hydrogen-bond donors (Lipinski definition) is 0. The van der Waals surface area contributed by atoms with Crippen LogP contribution in [-0.2, 0) is 27.9 Å². The van der Waals surface area contributed by atoms with Gasteiger partial charge < -0.3 is 27.9 Å². The Kier molecular flexibility index (Phi) is 41.8. The lowest BCUT2D eigenvalue weighted by Crippen LogP contribution is -2.37. The van der Waals surface area contributed by atoms with Crippen LogP contribution in [0.2, 0.25) is 0 Å². The monoisotopic (exact) mass is 870 g/mol. The van der Waals surface area contributed by atoms with Crippen molar-refractivity contribution in [3.8, 4) is 0 Å². The third kappa shape index (κ3) is 48.1. The van der Waals surface area contributed by atoms with Crippen molar-refractivity contribution in [3.05, 3.63) is 109 Å². The van der Waals surface area contributed by atoms with Gasteiger partial charge in [-0.1, -0.05) is 168 Å². The molecule has 61 heavy (non-hydrogen) atoms. The van der Waals surface area contributed by atoms with Gasteiger partial charge in [-0.2, -0.15) is 0 Å². The molecule has 0 heterocycles. The number of likely N-dealkylation sites (N-methyl/N-ethyl adjacent to an activating group) is 1. The Labute approximate surface area is 374 Å². The molecule has 0 aliphatic heterocycles. The van der Waals surface area contributed by atoms with Crippen molar-refractivity contribution in [2.75, 3.05) is 54.1 Å². The zero-order valence-corrected chi connectivity index (χ0v) is 40.2. The zero-order chi connectivity index (χ0) is 44.8. The maximum Gasteiger partial charge on any atom is 0.306 e. The molecular formula is C52H88NO7P. The lowest BCUT2D eigenvalue weighted by atomic mass is 10.1.